The number of hydrogen-bond donors (Lipinski definition) is 2. The Morgan fingerprint density at radius 2 is 2.44 bits per heavy atom. The van der Waals surface area contributed by atoms with Crippen molar-refractivity contribution < 1.29 is 0 Å². The Hall–Kier alpha value is -1.47. The minimum Gasteiger partial charge on any atom is -0.313 e. The predicted molar refractivity (Wildman–Crippen MR) is 77.1 cm³/mol. The lowest BCUT2D eigenvalue weighted by molar-refractivity contribution is 0.988. The van der Waals surface area contributed by atoms with Crippen molar-refractivity contribution in [2.45, 2.75) is 13.3 Å². The second kappa shape index (κ2) is 5.45. The zero-order chi connectivity index (χ0) is 13.1. The van der Waals surface area contributed by atoms with Gasteiger partial charge in [-0.2, -0.15) is 5.26 Å². The largest absolute Gasteiger partial charge is 0.313 e. The van der Waals surface area contributed by atoms with Gasteiger partial charge < -0.3 is 5.32 Å². The zero-order valence-corrected chi connectivity index (χ0v) is 12.3. The molecule has 0 unspecified atom stereocenters. The molecule has 0 saturated heterocycles. The van der Waals surface area contributed by atoms with Crippen molar-refractivity contribution in [2.75, 3.05) is 5.32 Å². The maximum absolute atomic E-state index is 11.3. The number of hydrogen-bond acceptors (Lipinski definition) is 6. The number of aromatic nitrogens is 3. The number of nitriles is 1. The van der Waals surface area contributed by atoms with E-state index in [1.165, 1.54) is 0 Å². The first-order valence-electron chi connectivity index (χ1n) is 5.05. The number of anilines is 2. The fourth-order valence-electron chi connectivity index (χ4n) is 1.30. The molecule has 92 valence electrons. The van der Waals surface area contributed by atoms with Crippen LogP contribution < -0.4 is 10.9 Å². The van der Waals surface area contributed by atoms with E-state index in [-0.39, 0.29) is 5.56 Å². The topological polar surface area (TPSA) is 94.5 Å². The van der Waals surface area contributed by atoms with Gasteiger partial charge in [0.25, 0.3) is 5.56 Å². The van der Waals surface area contributed by atoms with Crippen LogP contribution in [0.5, 0.6) is 0 Å². The first-order chi connectivity index (χ1) is 8.65. The molecule has 0 bridgehead atoms. The molecule has 0 radical (unpaired) electrons. The van der Waals surface area contributed by atoms with Gasteiger partial charge in [-0.05, 0) is 40.5 Å². The molecule has 2 rings (SSSR count). The van der Waals surface area contributed by atoms with Gasteiger partial charge in [0.1, 0.15) is 11.1 Å². The molecule has 18 heavy (non-hydrogen) atoms. The molecule has 8 heteroatoms. The van der Waals surface area contributed by atoms with Crippen LogP contribution in [0.2, 0.25) is 0 Å². The van der Waals surface area contributed by atoms with Gasteiger partial charge in [-0.15, -0.1) is 0 Å². The number of H-pyrrole nitrogens is 1. The third-order valence-electron chi connectivity index (χ3n) is 2.19. The number of rotatable bonds is 3. The highest BCUT2D eigenvalue weighted by Gasteiger charge is 2.11. The standard InChI is InChI=1S/C10H8IN5OS/c1-2-7-6(11)4-13-10(14-7)15-9-5(3-12)8(17)16-18-9/h4H,2H2,1H3,(H,16,17)(H,13,14,15). The summed E-state index contributed by atoms with van der Waals surface area (Å²) in [5, 5.41) is 12.2. The smallest absolute Gasteiger partial charge is 0.278 e. The molecule has 0 fully saturated rings. The summed E-state index contributed by atoms with van der Waals surface area (Å²) in [6.07, 6.45) is 2.50. The molecule has 0 amide bonds. The van der Waals surface area contributed by atoms with Crippen LogP contribution in [0.15, 0.2) is 11.0 Å². The first-order valence-corrected chi connectivity index (χ1v) is 6.95. The Morgan fingerprint density at radius 1 is 1.67 bits per heavy atom. The van der Waals surface area contributed by atoms with Crippen LogP contribution in [0.4, 0.5) is 10.9 Å². The van der Waals surface area contributed by atoms with Gasteiger partial charge in [-0.25, -0.2) is 9.97 Å². The number of nitrogens with zero attached hydrogens (tertiary/aromatic N) is 3. The van der Waals surface area contributed by atoms with E-state index in [0.717, 1.165) is 27.2 Å². The molecule has 2 heterocycles. The molecule has 2 aromatic rings. The lowest BCUT2D eigenvalue weighted by Crippen LogP contribution is -2.05. The molecule has 0 aromatic carbocycles. The van der Waals surface area contributed by atoms with Crippen LogP contribution in [0.25, 0.3) is 0 Å². The number of halogens is 1. The Kier molecular flexibility index (Phi) is 3.93. The second-order valence-electron chi connectivity index (χ2n) is 3.32. The van der Waals surface area contributed by atoms with E-state index in [2.05, 4.69) is 42.2 Å². The molecule has 0 spiro atoms. The van der Waals surface area contributed by atoms with Gasteiger partial charge in [0.2, 0.25) is 5.95 Å². The molecule has 0 aliphatic rings. The fourth-order valence-corrected chi connectivity index (χ4v) is 2.63. The first kappa shape index (κ1) is 13.0. The van der Waals surface area contributed by atoms with Crippen molar-refractivity contribution in [3.05, 3.63) is 31.4 Å². The minimum atomic E-state index is -0.397. The quantitative estimate of drug-likeness (QED) is 0.803. The molecular weight excluding hydrogens is 365 g/mol. The number of aromatic amines is 1. The normalized spacial score (nSPS) is 10.1. The molecule has 0 aliphatic carbocycles. The van der Waals surface area contributed by atoms with Gasteiger partial charge in [-0.1, -0.05) is 6.92 Å². The molecule has 2 N–H and O–H groups in total. The maximum atomic E-state index is 11.3. The Morgan fingerprint density at radius 3 is 3.11 bits per heavy atom. The van der Waals surface area contributed by atoms with Gasteiger partial charge in [0.05, 0.1) is 9.26 Å². The molecule has 0 atom stereocenters. The summed E-state index contributed by atoms with van der Waals surface area (Å²) in [7, 11) is 0. The van der Waals surface area contributed by atoms with E-state index in [0.29, 0.717) is 10.9 Å². The van der Waals surface area contributed by atoms with Gasteiger partial charge in [0, 0.05) is 6.20 Å². The van der Waals surface area contributed by atoms with Crippen molar-refractivity contribution in [1.82, 2.24) is 14.3 Å². The number of nitrogens with one attached hydrogen (secondary N) is 2. The van der Waals surface area contributed by atoms with Crippen molar-refractivity contribution in [1.29, 1.82) is 5.26 Å². The van der Waals surface area contributed by atoms with Crippen LogP contribution >= 0.6 is 34.1 Å². The zero-order valence-electron chi connectivity index (χ0n) is 9.32. The minimum absolute atomic E-state index is 0.0557. The summed E-state index contributed by atoms with van der Waals surface area (Å²) < 4.78 is 3.48. The molecule has 0 aliphatic heterocycles. The lowest BCUT2D eigenvalue weighted by Gasteiger charge is -2.04. The van der Waals surface area contributed by atoms with E-state index in [1.807, 2.05) is 13.0 Å². The summed E-state index contributed by atoms with van der Waals surface area (Å²) in [4.78, 5) is 19.7. The third-order valence-corrected chi connectivity index (χ3v) is 3.89. The maximum Gasteiger partial charge on any atom is 0.278 e. The highest BCUT2D eigenvalue weighted by Crippen LogP contribution is 2.20. The SMILES string of the molecule is CCc1nc(Nc2s[nH]c(=O)c2C#N)ncc1I. The molecular formula is C10H8IN5OS. The fraction of sp³-hybridized carbons (Fsp3) is 0.200. The molecule has 6 nitrogen and oxygen atoms in total. The Balaban J connectivity index is 2.35. The van der Waals surface area contributed by atoms with E-state index < -0.39 is 5.56 Å². The second-order valence-corrected chi connectivity index (χ2v) is 5.29. The van der Waals surface area contributed by atoms with E-state index in [1.54, 1.807) is 6.20 Å². The summed E-state index contributed by atoms with van der Waals surface area (Å²) in [5.74, 6) is 0.388. The monoisotopic (exact) mass is 373 g/mol. The third kappa shape index (κ3) is 2.51. The van der Waals surface area contributed by atoms with Crippen molar-refractivity contribution in [3.8, 4) is 6.07 Å². The molecule has 0 saturated carbocycles. The van der Waals surface area contributed by atoms with Crippen LogP contribution in [-0.2, 0) is 6.42 Å². The average Bonchev–Trinajstić information content (AvgIpc) is 2.72. The van der Waals surface area contributed by atoms with E-state index >= 15 is 0 Å². The van der Waals surface area contributed by atoms with Gasteiger partial charge >= 0.3 is 0 Å². The summed E-state index contributed by atoms with van der Waals surface area (Å²) in [6.45, 7) is 2.00. The summed E-state index contributed by atoms with van der Waals surface area (Å²) >= 11 is 3.23. The summed E-state index contributed by atoms with van der Waals surface area (Å²) in [6, 6.07) is 1.85. The van der Waals surface area contributed by atoms with Gasteiger partial charge in [0.15, 0.2) is 5.56 Å². The van der Waals surface area contributed by atoms with Crippen LogP contribution in [0, 0.1) is 14.9 Å². The Labute approximate surface area is 120 Å². The van der Waals surface area contributed by atoms with Crippen molar-refractivity contribution >= 4 is 45.1 Å². The van der Waals surface area contributed by atoms with E-state index in [9.17, 15) is 4.79 Å². The highest BCUT2D eigenvalue weighted by atomic mass is 127. The average molecular weight is 373 g/mol. The van der Waals surface area contributed by atoms with Crippen LogP contribution in [0.1, 0.15) is 18.2 Å². The number of aryl methyl sites for hydroxylation is 1. The van der Waals surface area contributed by atoms with Crippen LogP contribution in [-0.4, -0.2) is 14.3 Å². The highest BCUT2D eigenvalue weighted by molar-refractivity contribution is 14.1. The Bertz CT molecular complexity index is 672. The lowest BCUT2D eigenvalue weighted by atomic mass is 10.3. The molecule has 2 aromatic heterocycles. The predicted octanol–water partition coefficient (Wildman–Crippen LogP) is 2.01. The van der Waals surface area contributed by atoms with Crippen molar-refractivity contribution in [3.63, 3.8) is 0 Å². The van der Waals surface area contributed by atoms with Crippen LogP contribution in [0.3, 0.4) is 0 Å². The summed E-state index contributed by atoms with van der Waals surface area (Å²) in [5.41, 5.74) is 0.584. The van der Waals surface area contributed by atoms with Crippen molar-refractivity contribution in [2.24, 2.45) is 0 Å². The van der Waals surface area contributed by atoms with E-state index in [4.69, 9.17) is 5.26 Å². The van der Waals surface area contributed by atoms with Gasteiger partial charge in [-0.3, -0.25) is 9.17 Å².